The van der Waals surface area contributed by atoms with Crippen molar-refractivity contribution in [2.24, 2.45) is 0 Å². The van der Waals surface area contributed by atoms with Crippen LogP contribution >= 0.6 is 0 Å². The van der Waals surface area contributed by atoms with Gasteiger partial charge in [0.2, 0.25) is 0 Å². The average molecular weight is 294 g/mol. The van der Waals surface area contributed by atoms with Gasteiger partial charge in [0.1, 0.15) is 5.75 Å². The van der Waals surface area contributed by atoms with Crippen LogP contribution in [0.3, 0.4) is 0 Å². The van der Waals surface area contributed by atoms with Crippen molar-refractivity contribution in [3.05, 3.63) is 40.0 Å². The van der Waals surface area contributed by atoms with E-state index in [0.717, 1.165) is 6.08 Å². The zero-order valence-corrected chi connectivity index (χ0v) is 11.4. The first-order valence-corrected chi connectivity index (χ1v) is 5.93. The number of aliphatic carboxylic acids is 1. The van der Waals surface area contributed by atoms with Crippen molar-refractivity contribution in [2.75, 3.05) is 7.05 Å². The molecular weight excluding hydrogens is 280 g/mol. The zero-order valence-electron chi connectivity index (χ0n) is 11.4. The first-order chi connectivity index (χ1) is 9.85. The molecule has 2 N–H and O–H groups in total. The number of nitrogens with zero attached hydrogens (tertiary/aromatic N) is 1. The molecule has 0 aliphatic heterocycles. The summed E-state index contributed by atoms with van der Waals surface area (Å²) in [6.07, 6.45) is 1.17. The number of rotatable bonds is 6. The van der Waals surface area contributed by atoms with Gasteiger partial charge < -0.3 is 15.2 Å². The third-order valence-corrected chi connectivity index (χ3v) is 2.53. The summed E-state index contributed by atoms with van der Waals surface area (Å²) in [4.78, 5) is 32.1. The first-order valence-electron chi connectivity index (χ1n) is 5.93. The summed E-state index contributed by atoms with van der Waals surface area (Å²) in [6.45, 7) is 1.50. The van der Waals surface area contributed by atoms with Gasteiger partial charge >= 0.3 is 5.97 Å². The van der Waals surface area contributed by atoms with Gasteiger partial charge in [0, 0.05) is 30.8 Å². The Labute approximate surface area is 120 Å². The maximum atomic E-state index is 11.4. The second-order valence-electron chi connectivity index (χ2n) is 4.03. The molecular formula is C13H14N2O6. The van der Waals surface area contributed by atoms with E-state index in [1.54, 1.807) is 0 Å². The third-order valence-electron chi connectivity index (χ3n) is 2.53. The van der Waals surface area contributed by atoms with Gasteiger partial charge in [0.05, 0.1) is 4.92 Å². The minimum absolute atomic E-state index is 0.175. The fraction of sp³-hybridized carbons (Fsp3) is 0.231. The van der Waals surface area contributed by atoms with Crippen LogP contribution in [0.4, 0.5) is 5.69 Å². The highest BCUT2D eigenvalue weighted by molar-refractivity contribution is 5.86. The van der Waals surface area contributed by atoms with Gasteiger partial charge in [-0.05, 0) is 19.1 Å². The molecule has 0 heterocycles. The predicted octanol–water partition coefficient (Wildman–Crippen LogP) is 1.21. The fourth-order valence-corrected chi connectivity index (χ4v) is 1.50. The molecule has 112 valence electrons. The summed E-state index contributed by atoms with van der Waals surface area (Å²) in [5.41, 5.74) is -0.0117. The van der Waals surface area contributed by atoms with Crippen molar-refractivity contribution in [1.29, 1.82) is 0 Å². The van der Waals surface area contributed by atoms with Crippen molar-refractivity contribution in [3.8, 4) is 5.75 Å². The second kappa shape index (κ2) is 7.04. The summed E-state index contributed by atoms with van der Waals surface area (Å²) in [5, 5.41) is 21.8. The lowest BCUT2D eigenvalue weighted by molar-refractivity contribution is -0.384. The number of hydrogen-bond acceptors (Lipinski definition) is 5. The highest BCUT2D eigenvalue weighted by Crippen LogP contribution is 2.26. The van der Waals surface area contributed by atoms with E-state index >= 15 is 0 Å². The van der Waals surface area contributed by atoms with E-state index in [1.807, 2.05) is 0 Å². The number of nitro benzene ring substituents is 1. The SMILES string of the molecule is CNC(=O)C(C)Oc1ccc([N+](=O)[O-])cc1/C=C/C(=O)O. The van der Waals surface area contributed by atoms with E-state index in [9.17, 15) is 19.7 Å². The molecule has 8 nitrogen and oxygen atoms in total. The molecule has 0 bridgehead atoms. The number of ether oxygens (including phenoxy) is 1. The van der Waals surface area contributed by atoms with Gasteiger partial charge in [-0.25, -0.2) is 4.79 Å². The Morgan fingerprint density at radius 1 is 1.48 bits per heavy atom. The number of nitrogens with one attached hydrogen (secondary N) is 1. The molecule has 0 spiro atoms. The Bertz CT molecular complexity index is 596. The van der Waals surface area contributed by atoms with Crippen LogP contribution in [0.15, 0.2) is 24.3 Å². The maximum Gasteiger partial charge on any atom is 0.328 e. The van der Waals surface area contributed by atoms with Gasteiger partial charge in [0.15, 0.2) is 6.10 Å². The molecule has 1 unspecified atom stereocenters. The van der Waals surface area contributed by atoms with Crippen LogP contribution in [0.25, 0.3) is 6.08 Å². The molecule has 1 aromatic carbocycles. The standard InChI is InChI=1S/C13H14N2O6/c1-8(13(18)14-2)21-11-5-4-10(15(19)20)7-9(11)3-6-12(16)17/h3-8H,1-2H3,(H,14,18)(H,16,17)/b6-3+. The lowest BCUT2D eigenvalue weighted by atomic mass is 10.1. The van der Waals surface area contributed by atoms with Gasteiger partial charge in [0.25, 0.3) is 11.6 Å². The zero-order chi connectivity index (χ0) is 16.0. The quantitative estimate of drug-likeness (QED) is 0.462. The van der Waals surface area contributed by atoms with Gasteiger partial charge in [-0.3, -0.25) is 14.9 Å². The summed E-state index contributed by atoms with van der Waals surface area (Å²) in [6, 6.07) is 3.70. The average Bonchev–Trinajstić information content (AvgIpc) is 2.44. The van der Waals surface area contributed by atoms with E-state index in [1.165, 1.54) is 38.2 Å². The number of carboxylic acid groups (broad SMARTS) is 1. The number of likely N-dealkylation sites (N-methyl/N-ethyl adjacent to an activating group) is 1. The Hall–Kier alpha value is -2.90. The van der Waals surface area contributed by atoms with Crippen molar-refractivity contribution in [1.82, 2.24) is 5.32 Å². The molecule has 1 amide bonds. The summed E-state index contributed by atoms with van der Waals surface area (Å²) in [5.74, 6) is -1.40. The molecule has 0 aliphatic rings. The molecule has 0 fully saturated rings. The second-order valence-corrected chi connectivity index (χ2v) is 4.03. The van der Waals surface area contributed by atoms with E-state index in [2.05, 4.69) is 5.32 Å². The molecule has 1 aromatic rings. The van der Waals surface area contributed by atoms with E-state index in [-0.39, 0.29) is 22.9 Å². The predicted molar refractivity (Wildman–Crippen MR) is 73.9 cm³/mol. The van der Waals surface area contributed by atoms with Crippen LogP contribution in [0.2, 0.25) is 0 Å². The fourth-order valence-electron chi connectivity index (χ4n) is 1.50. The van der Waals surface area contributed by atoms with Crippen LogP contribution in [0, 0.1) is 10.1 Å². The van der Waals surface area contributed by atoms with Gasteiger partial charge in [-0.2, -0.15) is 0 Å². The molecule has 1 atom stereocenters. The van der Waals surface area contributed by atoms with Crippen LogP contribution < -0.4 is 10.1 Å². The topological polar surface area (TPSA) is 119 Å². The normalized spacial score (nSPS) is 11.9. The Morgan fingerprint density at radius 3 is 2.67 bits per heavy atom. The Morgan fingerprint density at radius 2 is 2.14 bits per heavy atom. The minimum Gasteiger partial charge on any atom is -0.480 e. The van der Waals surface area contributed by atoms with Crippen molar-refractivity contribution in [2.45, 2.75) is 13.0 Å². The van der Waals surface area contributed by atoms with Crippen molar-refractivity contribution in [3.63, 3.8) is 0 Å². The summed E-state index contributed by atoms with van der Waals surface area (Å²) < 4.78 is 5.39. The lowest BCUT2D eigenvalue weighted by Gasteiger charge is -2.14. The maximum absolute atomic E-state index is 11.4. The van der Waals surface area contributed by atoms with E-state index in [4.69, 9.17) is 9.84 Å². The number of carbonyl (C=O) groups excluding carboxylic acids is 1. The number of carbonyl (C=O) groups is 2. The molecule has 0 radical (unpaired) electrons. The van der Waals surface area contributed by atoms with Crippen molar-refractivity contribution < 1.29 is 24.4 Å². The van der Waals surface area contributed by atoms with Gasteiger partial charge in [-0.1, -0.05) is 0 Å². The molecule has 0 aromatic heterocycles. The molecule has 0 aliphatic carbocycles. The summed E-state index contributed by atoms with van der Waals surface area (Å²) in [7, 11) is 1.45. The lowest BCUT2D eigenvalue weighted by Crippen LogP contribution is -2.33. The number of carboxylic acids is 1. The van der Waals surface area contributed by atoms with Crippen LogP contribution in [-0.4, -0.2) is 35.1 Å². The number of benzene rings is 1. The molecule has 8 heteroatoms. The number of amides is 1. The minimum atomic E-state index is -1.20. The number of nitro groups is 1. The van der Waals surface area contributed by atoms with E-state index < -0.39 is 17.0 Å². The first kappa shape index (κ1) is 16.2. The number of hydrogen-bond donors (Lipinski definition) is 2. The van der Waals surface area contributed by atoms with Gasteiger partial charge in [-0.15, -0.1) is 0 Å². The molecule has 1 rings (SSSR count). The summed E-state index contributed by atoms with van der Waals surface area (Å²) >= 11 is 0. The third kappa shape index (κ3) is 4.60. The highest BCUT2D eigenvalue weighted by atomic mass is 16.6. The van der Waals surface area contributed by atoms with Crippen LogP contribution in [-0.2, 0) is 9.59 Å². The van der Waals surface area contributed by atoms with Crippen LogP contribution in [0.5, 0.6) is 5.75 Å². The number of non-ortho nitro benzene ring substituents is 1. The Kier molecular flexibility index (Phi) is 5.41. The monoisotopic (exact) mass is 294 g/mol. The molecule has 21 heavy (non-hydrogen) atoms. The Balaban J connectivity index is 3.14. The smallest absolute Gasteiger partial charge is 0.328 e. The largest absolute Gasteiger partial charge is 0.480 e. The molecule has 0 saturated carbocycles. The van der Waals surface area contributed by atoms with Crippen molar-refractivity contribution >= 4 is 23.6 Å². The van der Waals surface area contributed by atoms with E-state index in [0.29, 0.717) is 0 Å². The van der Waals surface area contributed by atoms with Crippen LogP contribution in [0.1, 0.15) is 12.5 Å². The highest BCUT2D eigenvalue weighted by Gasteiger charge is 2.16. The molecule has 0 saturated heterocycles.